The molecule has 2 aromatic carbocycles. The standard InChI is InChI=1S/C13H13Cl3Si/c14-9-4-10-17(15,16)13-8-3-6-11-5-1-2-7-12(11)13/h1-3,5-8H,4,9-10H2. The number of benzene rings is 2. The minimum absolute atomic E-state index is 0.610. The Balaban J connectivity index is 2.47. The molecule has 0 bridgehead atoms. The lowest BCUT2D eigenvalue weighted by Gasteiger charge is -2.18. The third-order valence-electron chi connectivity index (χ3n) is 2.81. The maximum atomic E-state index is 6.57. The van der Waals surface area contributed by atoms with Crippen LogP contribution in [0.15, 0.2) is 42.5 Å². The van der Waals surface area contributed by atoms with Crippen LogP contribution in [0.2, 0.25) is 6.04 Å². The van der Waals surface area contributed by atoms with Gasteiger partial charge in [0, 0.05) is 5.88 Å². The second-order valence-corrected chi connectivity index (χ2v) is 11.3. The first-order valence-corrected chi connectivity index (χ1v) is 10.3. The summed E-state index contributed by atoms with van der Waals surface area (Å²) in [6, 6.07) is 15.2. The van der Waals surface area contributed by atoms with Gasteiger partial charge in [0.15, 0.2) is 0 Å². The fourth-order valence-corrected chi connectivity index (χ4v) is 5.97. The average molecular weight is 304 g/mol. The number of halogens is 3. The number of hydrogen-bond acceptors (Lipinski definition) is 0. The van der Waals surface area contributed by atoms with E-state index in [9.17, 15) is 0 Å². The first-order chi connectivity index (χ1) is 8.15. The Labute approximate surface area is 117 Å². The molecular formula is C13H13Cl3Si. The van der Waals surface area contributed by atoms with Crippen molar-refractivity contribution in [3.05, 3.63) is 42.5 Å². The van der Waals surface area contributed by atoms with Crippen LogP contribution in [0.5, 0.6) is 0 Å². The molecule has 17 heavy (non-hydrogen) atoms. The van der Waals surface area contributed by atoms with Crippen molar-refractivity contribution in [3.63, 3.8) is 0 Å². The van der Waals surface area contributed by atoms with E-state index < -0.39 is 6.69 Å². The monoisotopic (exact) mass is 302 g/mol. The highest BCUT2D eigenvalue weighted by Crippen LogP contribution is 2.26. The molecule has 90 valence electrons. The van der Waals surface area contributed by atoms with Gasteiger partial charge < -0.3 is 0 Å². The van der Waals surface area contributed by atoms with E-state index in [1.807, 2.05) is 24.3 Å². The SMILES string of the molecule is ClCCC[Si](Cl)(Cl)c1cccc2ccccc12. The largest absolute Gasteiger partial charge is 0.281 e. The molecule has 0 radical (unpaired) electrons. The van der Waals surface area contributed by atoms with Crippen LogP contribution in [0.4, 0.5) is 0 Å². The lowest BCUT2D eigenvalue weighted by atomic mass is 10.1. The molecular weight excluding hydrogens is 291 g/mol. The highest BCUT2D eigenvalue weighted by atomic mass is 35.7. The van der Waals surface area contributed by atoms with Crippen molar-refractivity contribution in [1.29, 1.82) is 0 Å². The maximum absolute atomic E-state index is 6.57. The Hall–Kier alpha value is -0.213. The first-order valence-electron chi connectivity index (χ1n) is 5.57. The van der Waals surface area contributed by atoms with E-state index in [-0.39, 0.29) is 0 Å². The molecule has 0 atom stereocenters. The van der Waals surface area contributed by atoms with Crippen LogP contribution in [-0.4, -0.2) is 12.6 Å². The first kappa shape index (κ1) is 13.2. The molecule has 0 aliphatic rings. The quantitative estimate of drug-likeness (QED) is 0.440. The lowest BCUT2D eigenvalue weighted by molar-refractivity contribution is 1.08. The molecule has 0 aliphatic heterocycles. The van der Waals surface area contributed by atoms with Crippen molar-refractivity contribution in [3.8, 4) is 0 Å². The molecule has 0 saturated heterocycles. The van der Waals surface area contributed by atoms with Crippen LogP contribution in [-0.2, 0) is 0 Å². The van der Waals surface area contributed by atoms with Crippen LogP contribution >= 0.6 is 33.8 Å². The van der Waals surface area contributed by atoms with Gasteiger partial charge in [-0.2, -0.15) is 0 Å². The predicted octanol–water partition coefficient (Wildman–Crippen LogP) is 4.60. The summed E-state index contributed by atoms with van der Waals surface area (Å²) in [6.07, 6.45) is 0.865. The van der Waals surface area contributed by atoms with Crippen LogP contribution in [0, 0.1) is 0 Å². The smallest absolute Gasteiger partial charge is 0.140 e. The van der Waals surface area contributed by atoms with E-state index in [0.29, 0.717) is 5.88 Å². The summed E-state index contributed by atoms with van der Waals surface area (Å²) in [4.78, 5) is 0. The van der Waals surface area contributed by atoms with Crippen LogP contribution in [0.25, 0.3) is 10.8 Å². The number of rotatable bonds is 4. The highest BCUT2D eigenvalue weighted by Gasteiger charge is 2.31. The second-order valence-electron chi connectivity index (χ2n) is 4.02. The van der Waals surface area contributed by atoms with Gasteiger partial charge in [-0.15, -0.1) is 33.8 Å². The Morgan fingerprint density at radius 1 is 0.941 bits per heavy atom. The van der Waals surface area contributed by atoms with E-state index in [1.165, 1.54) is 10.8 Å². The van der Waals surface area contributed by atoms with Crippen molar-refractivity contribution >= 4 is 56.4 Å². The van der Waals surface area contributed by atoms with E-state index in [4.69, 9.17) is 33.8 Å². The van der Waals surface area contributed by atoms with Gasteiger partial charge >= 0.3 is 0 Å². The Kier molecular flexibility index (Phi) is 4.37. The van der Waals surface area contributed by atoms with E-state index >= 15 is 0 Å². The molecule has 0 fully saturated rings. The fourth-order valence-electron chi connectivity index (χ4n) is 1.97. The van der Waals surface area contributed by atoms with Gasteiger partial charge in [0.2, 0.25) is 0 Å². The second kappa shape index (κ2) is 5.62. The zero-order chi connectivity index (χ0) is 12.3. The molecule has 0 N–H and O–H groups in total. The molecule has 0 aromatic heterocycles. The molecule has 2 rings (SSSR count). The number of fused-ring (bicyclic) bond motifs is 1. The minimum Gasteiger partial charge on any atom is -0.140 e. The molecule has 4 heteroatoms. The van der Waals surface area contributed by atoms with Crippen molar-refractivity contribution in [2.24, 2.45) is 0 Å². The summed E-state index contributed by atoms with van der Waals surface area (Å²) in [5, 5.41) is 3.46. The molecule has 0 saturated carbocycles. The van der Waals surface area contributed by atoms with E-state index in [2.05, 4.69) is 18.2 Å². The van der Waals surface area contributed by atoms with Crippen LogP contribution in [0.1, 0.15) is 6.42 Å². The molecule has 0 aliphatic carbocycles. The third-order valence-corrected chi connectivity index (χ3v) is 7.64. The van der Waals surface area contributed by atoms with Crippen molar-refractivity contribution in [2.75, 3.05) is 5.88 Å². The molecule has 0 spiro atoms. The van der Waals surface area contributed by atoms with Crippen LogP contribution in [0.3, 0.4) is 0 Å². The summed E-state index contributed by atoms with van der Waals surface area (Å²) in [6.45, 7) is -2.40. The van der Waals surface area contributed by atoms with Gasteiger partial charge in [-0.05, 0) is 28.4 Å². The predicted molar refractivity (Wildman–Crippen MR) is 81.2 cm³/mol. The Morgan fingerprint density at radius 3 is 2.41 bits per heavy atom. The maximum Gasteiger partial charge on any atom is 0.281 e. The molecule has 0 nitrogen and oxygen atoms in total. The number of hydrogen-bond donors (Lipinski definition) is 0. The van der Waals surface area contributed by atoms with Crippen molar-refractivity contribution < 1.29 is 0 Å². The van der Waals surface area contributed by atoms with E-state index in [1.54, 1.807) is 0 Å². The van der Waals surface area contributed by atoms with Crippen LogP contribution < -0.4 is 5.19 Å². The summed E-state index contributed by atoms with van der Waals surface area (Å²) in [5.74, 6) is 0.610. The summed E-state index contributed by atoms with van der Waals surface area (Å²) in [5.41, 5.74) is 0. The zero-order valence-corrected chi connectivity index (χ0v) is 12.6. The average Bonchev–Trinajstić information content (AvgIpc) is 2.36. The van der Waals surface area contributed by atoms with Gasteiger partial charge in [-0.3, -0.25) is 0 Å². The molecule has 0 heterocycles. The summed E-state index contributed by atoms with van der Waals surface area (Å²) < 4.78 is 0. The van der Waals surface area contributed by atoms with Gasteiger partial charge in [-0.25, -0.2) is 0 Å². The molecule has 0 unspecified atom stereocenters. The Bertz CT molecular complexity index is 505. The van der Waals surface area contributed by atoms with Gasteiger partial charge in [-0.1, -0.05) is 42.5 Å². The minimum atomic E-state index is -2.40. The number of alkyl halides is 1. The van der Waals surface area contributed by atoms with Crippen molar-refractivity contribution in [1.82, 2.24) is 0 Å². The molecule has 2 aromatic rings. The highest BCUT2D eigenvalue weighted by molar-refractivity contribution is 7.51. The van der Waals surface area contributed by atoms with Gasteiger partial charge in [0.05, 0.1) is 0 Å². The summed E-state index contributed by atoms with van der Waals surface area (Å²) >= 11 is 18.8. The zero-order valence-electron chi connectivity index (χ0n) is 9.30. The third kappa shape index (κ3) is 2.97. The van der Waals surface area contributed by atoms with Gasteiger partial charge in [0.1, 0.15) is 0 Å². The topological polar surface area (TPSA) is 0 Å². The Morgan fingerprint density at radius 2 is 1.65 bits per heavy atom. The normalized spacial score (nSPS) is 11.9. The van der Waals surface area contributed by atoms with E-state index in [0.717, 1.165) is 17.7 Å². The van der Waals surface area contributed by atoms with Crippen molar-refractivity contribution in [2.45, 2.75) is 12.5 Å². The van der Waals surface area contributed by atoms with Gasteiger partial charge in [0.25, 0.3) is 6.69 Å². The summed E-state index contributed by atoms with van der Waals surface area (Å²) in [7, 11) is 0. The molecule has 0 amide bonds. The fraction of sp³-hybridized carbons (Fsp3) is 0.231. The lowest BCUT2D eigenvalue weighted by Crippen LogP contribution is -2.36.